The maximum Gasteiger partial charge on any atom is 0.212 e. The number of nitrogens with one attached hydrogen (secondary N) is 1. The van der Waals surface area contributed by atoms with Crippen molar-refractivity contribution in [1.82, 2.24) is 9.71 Å². The van der Waals surface area contributed by atoms with E-state index in [9.17, 15) is 8.42 Å². The lowest BCUT2D eigenvalue weighted by Crippen LogP contribution is -2.26. The number of hydrogen-bond acceptors (Lipinski definition) is 3. The number of aryl methyl sites for hydroxylation is 1. The number of halogens is 1. The normalized spacial score (nSPS) is 11.5. The molecule has 0 spiro atoms. The number of sulfonamides is 1. The first-order valence-corrected chi connectivity index (χ1v) is 8.78. The van der Waals surface area contributed by atoms with Crippen molar-refractivity contribution in [2.24, 2.45) is 0 Å². The first-order chi connectivity index (χ1) is 10.1. The zero-order valence-corrected chi connectivity index (χ0v) is 13.1. The summed E-state index contributed by atoms with van der Waals surface area (Å²) in [4.78, 5) is 3.91. The van der Waals surface area contributed by atoms with E-state index in [-0.39, 0.29) is 5.75 Å². The van der Waals surface area contributed by atoms with Crippen molar-refractivity contribution < 1.29 is 8.42 Å². The van der Waals surface area contributed by atoms with Crippen LogP contribution in [-0.2, 0) is 28.9 Å². The lowest BCUT2D eigenvalue weighted by atomic mass is 10.1. The van der Waals surface area contributed by atoms with Crippen molar-refractivity contribution in [1.29, 1.82) is 0 Å². The van der Waals surface area contributed by atoms with Gasteiger partial charge in [-0.05, 0) is 35.2 Å². The van der Waals surface area contributed by atoms with Crippen LogP contribution in [0.15, 0.2) is 48.8 Å². The Hall–Kier alpha value is -1.43. The van der Waals surface area contributed by atoms with Gasteiger partial charge in [-0.2, -0.15) is 0 Å². The molecule has 0 aliphatic rings. The number of nitrogens with zero attached hydrogens (tertiary/aromatic N) is 1. The first kappa shape index (κ1) is 15.9. The Balaban J connectivity index is 1.85. The third-order valence-electron chi connectivity index (χ3n) is 3.08. The topological polar surface area (TPSA) is 59.1 Å². The molecule has 4 nitrogen and oxygen atoms in total. The summed E-state index contributed by atoms with van der Waals surface area (Å²) in [5, 5.41) is 0. The predicted molar refractivity (Wildman–Crippen MR) is 84.6 cm³/mol. The number of benzene rings is 1. The fourth-order valence-corrected chi connectivity index (χ4v) is 3.03. The summed E-state index contributed by atoms with van der Waals surface area (Å²) in [7, 11) is -3.29. The number of aromatic nitrogens is 1. The van der Waals surface area contributed by atoms with Gasteiger partial charge in [-0.25, -0.2) is 13.1 Å². The van der Waals surface area contributed by atoms with Crippen molar-refractivity contribution in [3.63, 3.8) is 0 Å². The molecule has 0 unspecified atom stereocenters. The van der Waals surface area contributed by atoms with Gasteiger partial charge in [-0.3, -0.25) is 4.98 Å². The maximum absolute atomic E-state index is 12.0. The number of rotatable bonds is 7. The van der Waals surface area contributed by atoms with E-state index in [4.69, 9.17) is 11.6 Å². The van der Waals surface area contributed by atoms with Gasteiger partial charge >= 0.3 is 0 Å². The molecule has 0 atom stereocenters. The molecule has 0 aliphatic carbocycles. The molecule has 1 aromatic carbocycles. The van der Waals surface area contributed by atoms with E-state index in [1.165, 1.54) is 0 Å². The third kappa shape index (κ3) is 5.46. The van der Waals surface area contributed by atoms with Gasteiger partial charge in [0.1, 0.15) is 0 Å². The van der Waals surface area contributed by atoms with Crippen LogP contribution >= 0.6 is 11.6 Å². The molecule has 21 heavy (non-hydrogen) atoms. The van der Waals surface area contributed by atoms with Crippen LogP contribution in [0.4, 0.5) is 0 Å². The lowest BCUT2D eigenvalue weighted by molar-refractivity contribution is 0.580. The van der Waals surface area contributed by atoms with Crippen LogP contribution < -0.4 is 4.72 Å². The average molecular weight is 325 g/mol. The molecule has 112 valence electrons. The molecule has 1 heterocycles. The summed E-state index contributed by atoms with van der Waals surface area (Å²) in [5.74, 6) is 0.523. The summed E-state index contributed by atoms with van der Waals surface area (Å²) in [6.07, 6.45) is 3.80. The molecule has 0 aliphatic heterocycles. The summed E-state index contributed by atoms with van der Waals surface area (Å²) >= 11 is 5.71. The van der Waals surface area contributed by atoms with Crippen LogP contribution in [-0.4, -0.2) is 19.2 Å². The van der Waals surface area contributed by atoms with Crippen molar-refractivity contribution in [2.45, 2.75) is 18.8 Å². The number of pyridine rings is 1. The van der Waals surface area contributed by atoms with Gasteiger partial charge in [0.2, 0.25) is 10.0 Å². The standard InChI is InChI=1S/C15H17ClN2O2S/c16-11-14-1-3-15(4-2-14)12-18-21(19,20)10-7-13-5-8-17-9-6-13/h1-6,8-9,18H,7,10-12H2. The summed E-state index contributed by atoms with van der Waals surface area (Å²) in [5.41, 5.74) is 2.89. The van der Waals surface area contributed by atoms with E-state index in [0.29, 0.717) is 18.8 Å². The summed E-state index contributed by atoms with van der Waals surface area (Å²) in [6.45, 7) is 0.293. The van der Waals surface area contributed by atoms with Gasteiger partial charge in [-0.1, -0.05) is 24.3 Å². The zero-order chi connectivity index (χ0) is 15.1. The molecule has 0 amide bonds. The SMILES string of the molecule is O=S(=O)(CCc1ccncc1)NCc1ccc(CCl)cc1. The molecule has 0 radical (unpaired) electrons. The lowest BCUT2D eigenvalue weighted by Gasteiger charge is -2.07. The van der Waals surface area contributed by atoms with Gasteiger partial charge in [0, 0.05) is 24.8 Å². The Labute approximate surface area is 130 Å². The van der Waals surface area contributed by atoms with Crippen molar-refractivity contribution in [2.75, 3.05) is 5.75 Å². The van der Waals surface area contributed by atoms with Crippen molar-refractivity contribution >= 4 is 21.6 Å². The Morgan fingerprint density at radius 3 is 2.19 bits per heavy atom. The number of hydrogen-bond donors (Lipinski definition) is 1. The Morgan fingerprint density at radius 2 is 1.57 bits per heavy atom. The Morgan fingerprint density at radius 1 is 0.952 bits per heavy atom. The number of alkyl halides is 1. The first-order valence-electron chi connectivity index (χ1n) is 6.59. The molecule has 2 aromatic rings. The van der Waals surface area contributed by atoms with Gasteiger partial charge in [-0.15, -0.1) is 11.6 Å². The largest absolute Gasteiger partial charge is 0.265 e. The van der Waals surface area contributed by atoms with E-state index in [1.807, 2.05) is 36.4 Å². The monoisotopic (exact) mass is 324 g/mol. The smallest absolute Gasteiger partial charge is 0.212 e. The molecule has 1 aromatic heterocycles. The van der Waals surface area contributed by atoms with E-state index in [2.05, 4.69) is 9.71 Å². The van der Waals surface area contributed by atoms with Gasteiger partial charge < -0.3 is 0 Å². The highest BCUT2D eigenvalue weighted by Crippen LogP contribution is 2.07. The second-order valence-corrected chi connectivity index (χ2v) is 6.89. The second-order valence-electron chi connectivity index (χ2n) is 4.70. The summed E-state index contributed by atoms with van der Waals surface area (Å²) in [6, 6.07) is 11.2. The molecular weight excluding hydrogens is 308 g/mol. The zero-order valence-electron chi connectivity index (χ0n) is 11.5. The predicted octanol–water partition coefficient (Wildman–Crippen LogP) is 2.48. The average Bonchev–Trinajstić information content (AvgIpc) is 2.53. The fourth-order valence-electron chi connectivity index (χ4n) is 1.81. The van der Waals surface area contributed by atoms with Crippen molar-refractivity contribution in [3.8, 4) is 0 Å². The van der Waals surface area contributed by atoms with Crippen molar-refractivity contribution in [3.05, 3.63) is 65.5 Å². The third-order valence-corrected chi connectivity index (χ3v) is 4.72. The second kappa shape index (κ2) is 7.54. The molecule has 0 fully saturated rings. The maximum atomic E-state index is 12.0. The van der Waals surface area contributed by atoms with Gasteiger partial charge in [0.25, 0.3) is 0 Å². The Kier molecular flexibility index (Phi) is 5.73. The fraction of sp³-hybridized carbons (Fsp3) is 0.267. The van der Waals surface area contributed by atoms with Crippen LogP contribution in [0.1, 0.15) is 16.7 Å². The molecule has 1 N–H and O–H groups in total. The van der Waals surface area contributed by atoms with Crippen LogP contribution in [0.2, 0.25) is 0 Å². The minimum Gasteiger partial charge on any atom is -0.265 e. The Bertz CT molecular complexity index is 658. The highest BCUT2D eigenvalue weighted by Gasteiger charge is 2.10. The molecule has 0 saturated carbocycles. The van der Waals surface area contributed by atoms with Crippen LogP contribution in [0, 0.1) is 0 Å². The molecular formula is C15H17ClN2O2S. The van der Waals surface area contributed by atoms with E-state index < -0.39 is 10.0 Å². The minimum absolute atomic E-state index is 0.0662. The van der Waals surface area contributed by atoms with E-state index in [0.717, 1.165) is 16.7 Å². The van der Waals surface area contributed by atoms with E-state index >= 15 is 0 Å². The minimum atomic E-state index is -3.29. The molecule has 6 heteroatoms. The van der Waals surface area contributed by atoms with Gasteiger partial charge in [0.05, 0.1) is 5.75 Å². The molecule has 2 rings (SSSR count). The summed E-state index contributed by atoms with van der Waals surface area (Å²) < 4.78 is 26.5. The van der Waals surface area contributed by atoms with E-state index in [1.54, 1.807) is 12.4 Å². The van der Waals surface area contributed by atoms with Crippen LogP contribution in [0.3, 0.4) is 0 Å². The highest BCUT2D eigenvalue weighted by molar-refractivity contribution is 7.89. The van der Waals surface area contributed by atoms with Crippen LogP contribution in [0.5, 0.6) is 0 Å². The quantitative estimate of drug-likeness (QED) is 0.796. The molecule has 0 bridgehead atoms. The van der Waals surface area contributed by atoms with Gasteiger partial charge in [0.15, 0.2) is 0 Å². The highest BCUT2D eigenvalue weighted by atomic mass is 35.5. The van der Waals surface area contributed by atoms with Crippen LogP contribution in [0.25, 0.3) is 0 Å². The molecule has 0 saturated heterocycles.